The van der Waals surface area contributed by atoms with Crippen molar-refractivity contribution in [3.8, 4) is 0 Å². The summed E-state index contributed by atoms with van der Waals surface area (Å²) in [5.41, 5.74) is 1.25. The monoisotopic (exact) mass is 418 g/mol. The molecule has 0 atom stereocenters. The lowest BCUT2D eigenvalue weighted by Crippen LogP contribution is -2.24. The highest BCUT2D eigenvalue weighted by atomic mass is 32.2. The van der Waals surface area contributed by atoms with Crippen molar-refractivity contribution in [2.75, 3.05) is 20.2 Å². The summed E-state index contributed by atoms with van der Waals surface area (Å²) in [7, 11) is 1.23. The lowest BCUT2D eigenvalue weighted by molar-refractivity contribution is -0.135. The third-order valence-electron chi connectivity index (χ3n) is 4.63. The Morgan fingerprint density at radius 1 is 1.31 bits per heavy atom. The molecular formula is C20H23FN4O3S. The fraction of sp³-hybridized carbons (Fsp3) is 0.400. The molecule has 0 spiro atoms. The molecule has 1 aromatic carbocycles. The molecular weight excluding hydrogens is 395 g/mol. The molecule has 2 aliphatic heterocycles. The smallest absolute Gasteiger partial charge is 0.331 e. The molecule has 9 heteroatoms. The summed E-state index contributed by atoms with van der Waals surface area (Å²) in [6.45, 7) is 2.63. The van der Waals surface area contributed by atoms with Gasteiger partial charge in [0.1, 0.15) is 5.82 Å². The highest BCUT2D eigenvalue weighted by molar-refractivity contribution is 8.18. The molecule has 2 saturated heterocycles. The van der Waals surface area contributed by atoms with Gasteiger partial charge in [0.15, 0.2) is 5.17 Å². The third kappa shape index (κ3) is 6.23. The van der Waals surface area contributed by atoms with Crippen LogP contribution in [-0.4, -0.2) is 48.4 Å². The second-order valence-corrected chi connectivity index (χ2v) is 7.81. The lowest BCUT2D eigenvalue weighted by atomic mass is 10.1. The van der Waals surface area contributed by atoms with E-state index in [1.54, 1.807) is 12.1 Å². The molecule has 29 heavy (non-hydrogen) atoms. The molecule has 0 aromatic heterocycles. The van der Waals surface area contributed by atoms with Crippen molar-refractivity contribution < 1.29 is 18.7 Å². The van der Waals surface area contributed by atoms with Crippen molar-refractivity contribution in [3.05, 3.63) is 46.1 Å². The molecule has 2 heterocycles. The molecule has 7 nitrogen and oxygen atoms in total. The number of benzene rings is 1. The van der Waals surface area contributed by atoms with Gasteiger partial charge in [0.2, 0.25) is 0 Å². The van der Waals surface area contributed by atoms with E-state index in [2.05, 4.69) is 25.2 Å². The quantitative estimate of drug-likeness (QED) is 0.344. The van der Waals surface area contributed by atoms with Crippen LogP contribution in [0.3, 0.4) is 0 Å². The predicted molar refractivity (Wildman–Crippen MR) is 111 cm³/mol. The number of hydrogen-bond donors (Lipinski definition) is 1. The van der Waals surface area contributed by atoms with Crippen molar-refractivity contribution in [1.82, 2.24) is 10.2 Å². The standard InChI is InChI=1S/C20H23FN4O3S/c1-28-18(26)11-17-19(27)23-20(29-17)24-22-12-14-6-7-15(16(21)10-14)13-25-8-4-2-3-5-9-25/h6-7,10-12H,2-5,8-9,13H2,1H3,(H,23,24,27)/b17-11+,22-12?. The molecule has 0 radical (unpaired) electrons. The van der Waals surface area contributed by atoms with Crippen LogP contribution in [0.5, 0.6) is 0 Å². The van der Waals surface area contributed by atoms with Crippen LogP contribution in [0.4, 0.5) is 4.39 Å². The van der Waals surface area contributed by atoms with Crippen LogP contribution in [0, 0.1) is 5.82 Å². The Morgan fingerprint density at radius 2 is 2.07 bits per heavy atom. The molecule has 1 N–H and O–H groups in total. The van der Waals surface area contributed by atoms with Gasteiger partial charge in [-0.2, -0.15) is 5.10 Å². The number of nitrogens with one attached hydrogen (secondary N) is 1. The second-order valence-electron chi connectivity index (χ2n) is 6.78. The summed E-state index contributed by atoms with van der Waals surface area (Å²) >= 11 is 0.981. The van der Waals surface area contributed by atoms with Gasteiger partial charge in [-0.3, -0.25) is 15.0 Å². The van der Waals surface area contributed by atoms with Gasteiger partial charge >= 0.3 is 5.97 Å². The fourth-order valence-electron chi connectivity index (χ4n) is 3.10. The van der Waals surface area contributed by atoms with Gasteiger partial charge in [-0.25, -0.2) is 9.18 Å². The van der Waals surface area contributed by atoms with Crippen molar-refractivity contribution in [2.45, 2.75) is 32.2 Å². The molecule has 0 bridgehead atoms. The van der Waals surface area contributed by atoms with Crippen LogP contribution in [0.2, 0.25) is 0 Å². The number of methoxy groups -OCH3 is 1. The molecule has 1 aromatic rings. The van der Waals surface area contributed by atoms with Gasteiger partial charge in [-0.15, -0.1) is 5.10 Å². The van der Waals surface area contributed by atoms with Crippen LogP contribution >= 0.6 is 11.8 Å². The summed E-state index contributed by atoms with van der Waals surface area (Å²) in [5.74, 6) is -1.33. The van der Waals surface area contributed by atoms with Gasteiger partial charge in [0, 0.05) is 18.2 Å². The first-order chi connectivity index (χ1) is 14.0. The summed E-state index contributed by atoms with van der Waals surface area (Å²) in [6, 6.07) is 5.00. The zero-order valence-electron chi connectivity index (χ0n) is 16.2. The van der Waals surface area contributed by atoms with Crippen molar-refractivity contribution >= 4 is 35.0 Å². The van der Waals surface area contributed by atoms with E-state index in [9.17, 15) is 14.0 Å². The van der Waals surface area contributed by atoms with Crippen LogP contribution in [-0.2, 0) is 20.9 Å². The Bertz CT molecular complexity index is 861. The van der Waals surface area contributed by atoms with Crippen LogP contribution in [0.15, 0.2) is 39.4 Å². The molecule has 2 fully saturated rings. The van der Waals surface area contributed by atoms with Crippen LogP contribution in [0.25, 0.3) is 0 Å². The fourth-order valence-corrected chi connectivity index (χ4v) is 3.84. The third-order valence-corrected chi connectivity index (χ3v) is 5.53. The van der Waals surface area contributed by atoms with Crippen molar-refractivity contribution in [1.29, 1.82) is 0 Å². The maximum absolute atomic E-state index is 14.5. The second kappa shape index (κ2) is 10.3. The van der Waals surface area contributed by atoms with Crippen LogP contribution < -0.4 is 5.32 Å². The average molecular weight is 418 g/mol. The number of carbonyl (C=O) groups excluding carboxylic acids is 2. The van der Waals surface area contributed by atoms with E-state index in [1.165, 1.54) is 32.2 Å². The molecule has 0 unspecified atom stereocenters. The minimum absolute atomic E-state index is 0.176. The van der Waals surface area contributed by atoms with Gasteiger partial charge in [0.05, 0.1) is 18.2 Å². The number of thioether (sulfide) groups is 1. The predicted octanol–water partition coefficient (Wildman–Crippen LogP) is 2.81. The summed E-state index contributed by atoms with van der Waals surface area (Å²) in [5, 5.41) is 10.5. The Morgan fingerprint density at radius 3 is 2.76 bits per heavy atom. The minimum Gasteiger partial charge on any atom is -0.466 e. The van der Waals surface area contributed by atoms with Crippen LogP contribution in [0.1, 0.15) is 36.8 Å². The summed E-state index contributed by atoms with van der Waals surface area (Å²) < 4.78 is 18.9. The Kier molecular flexibility index (Phi) is 7.54. The highest BCUT2D eigenvalue weighted by Crippen LogP contribution is 2.23. The number of nitrogens with zero attached hydrogens (tertiary/aromatic N) is 3. The number of hydrogen-bond acceptors (Lipinski definition) is 7. The number of rotatable bonds is 5. The Balaban J connectivity index is 1.60. The molecule has 154 valence electrons. The number of esters is 1. The van der Waals surface area contributed by atoms with Crippen molar-refractivity contribution in [2.24, 2.45) is 10.2 Å². The van der Waals surface area contributed by atoms with E-state index >= 15 is 0 Å². The zero-order valence-corrected chi connectivity index (χ0v) is 17.0. The molecule has 1 amide bonds. The first-order valence-electron chi connectivity index (χ1n) is 9.46. The topological polar surface area (TPSA) is 83.4 Å². The minimum atomic E-state index is -0.622. The number of halogens is 1. The van der Waals surface area contributed by atoms with Gasteiger partial charge < -0.3 is 4.74 Å². The molecule has 0 saturated carbocycles. The van der Waals surface area contributed by atoms with Gasteiger partial charge in [-0.1, -0.05) is 25.0 Å². The van der Waals surface area contributed by atoms with E-state index in [0.29, 0.717) is 17.7 Å². The molecule has 2 aliphatic rings. The lowest BCUT2D eigenvalue weighted by Gasteiger charge is -2.20. The molecule has 0 aliphatic carbocycles. The van der Waals surface area contributed by atoms with E-state index in [4.69, 9.17) is 0 Å². The van der Waals surface area contributed by atoms with E-state index in [-0.39, 0.29) is 15.9 Å². The van der Waals surface area contributed by atoms with Gasteiger partial charge in [-0.05, 0) is 49.3 Å². The number of carbonyl (C=O) groups is 2. The summed E-state index contributed by atoms with van der Waals surface area (Å²) in [6.07, 6.45) is 7.33. The Labute approximate surface area is 173 Å². The van der Waals surface area contributed by atoms with E-state index < -0.39 is 11.9 Å². The number of ether oxygens (including phenoxy) is 1. The van der Waals surface area contributed by atoms with E-state index in [1.807, 2.05) is 0 Å². The molecule has 3 rings (SSSR count). The largest absolute Gasteiger partial charge is 0.466 e. The van der Waals surface area contributed by atoms with Gasteiger partial charge in [0.25, 0.3) is 5.91 Å². The first-order valence-corrected chi connectivity index (χ1v) is 10.3. The first kappa shape index (κ1) is 21.2. The zero-order chi connectivity index (χ0) is 20.6. The maximum atomic E-state index is 14.5. The maximum Gasteiger partial charge on any atom is 0.331 e. The average Bonchev–Trinajstić information content (AvgIpc) is 2.89. The SMILES string of the molecule is COC(=O)/C=C1/S/C(=N\N=Cc2ccc(CN3CCCCCC3)c(F)c2)NC1=O. The van der Waals surface area contributed by atoms with E-state index in [0.717, 1.165) is 43.8 Å². The van der Waals surface area contributed by atoms with Crippen molar-refractivity contribution in [3.63, 3.8) is 0 Å². The highest BCUT2D eigenvalue weighted by Gasteiger charge is 2.25. The summed E-state index contributed by atoms with van der Waals surface area (Å²) in [4.78, 5) is 25.4. The number of likely N-dealkylation sites (tertiary alicyclic amines) is 1. The number of amidine groups is 1. The normalized spacial score (nSPS) is 21.0. The number of amides is 1. The Hall–Kier alpha value is -2.52.